The molecule has 0 spiro atoms. The van der Waals surface area contributed by atoms with Gasteiger partial charge in [0, 0.05) is 20.5 Å². The summed E-state index contributed by atoms with van der Waals surface area (Å²) in [5.41, 5.74) is 0. The first-order valence-corrected chi connectivity index (χ1v) is 9.38. The Hall–Kier alpha value is -0.730. The van der Waals surface area contributed by atoms with Crippen LogP contribution in [0.1, 0.15) is 24.6 Å². The van der Waals surface area contributed by atoms with E-state index < -0.39 is 12.0 Å². The lowest BCUT2D eigenvalue weighted by Crippen LogP contribution is -2.49. The molecule has 1 aliphatic heterocycles. The first-order valence-electron chi connectivity index (χ1n) is 6.66. The molecular formula is C13H17BrN2O3S2. The van der Waals surface area contributed by atoms with Crippen molar-refractivity contribution in [3.8, 4) is 0 Å². The summed E-state index contributed by atoms with van der Waals surface area (Å²) in [5.74, 6) is -0.479. The molecule has 2 unspecified atom stereocenters. The number of carboxylic acid groups (broad SMARTS) is 1. The molecule has 0 bridgehead atoms. The molecule has 0 aromatic carbocycles. The number of rotatable bonds is 5. The molecule has 0 radical (unpaired) electrons. The van der Waals surface area contributed by atoms with Crippen molar-refractivity contribution in [1.82, 2.24) is 10.2 Å². The van der Waals surface area contributed by atoms with E-state index in [2.05, 4.69) is 21.2 Å². The van der Waals surface area contributed by atoms with Crippen LogP contribution in [0.2, 0.25) is 0 Å². The molecule has 116 valence electrons. The zero-order valence-corrected chi connectivity index (χ0v) is 14.8. The van der Waals surface area contributed by atoms with Crippen molar-refractivity contribution in [2.75, 3.05) is 5.75 Å². The molecule has 1 saturated heterocycles. The topological polar surface area (TPSA) is 69.6 Å². The molecule has 2 rings (SSSR count). The second-order valence-corrected chi connectivity index (χ2v) is 7.85. The van der Waals surface area contributed by atoms with Gasteiger partial charge in [-0.3, -0.25) is 4.90 Å². The van der Waals surface area contributed by atoms with E-state index in [-0.39, 0.29) is 11.4 Å². The van der Waals surface area contributed by atoms with Gasteiger partial charge >= 0.3 is 12.0 Å². The van der Waals surface area contributed by atoms with Crippen LogP contribution in [0.25, 0.3) is 0 Å². The minimum absolute atomic E-state index is 0.0498. The minimum Gasteiger partial charge on any atom is -0.480 e. The number of urea groups is 1. The van der Waals surface area contributed by atoms with Gasteiger partial charge in [-0.25, -0.2) is 9.59 Å². The van der Waals surface area contributed by atoms with Crippen LogP contribution in [-0.2, 0) is 11.3 Å². The highest BCUT2D eigenvalue weighted by atomic mass is 79.9. The van der Waals surface area contributed by atoms with Crippen LogP contribution in [0, 0.1) is 0 Å². The van der Waals surface area contributed by atoms with Crippen LogP contribution in [0.3, 0.4) is 0 Å². The Morgan fingerprint density at radius 3 is 2.90 bits per heavy atom. The van der Waals surface area contributed by atoms with Crippen LogP contribution < -0.4 is 5.32 Å². The maximum Gasteiger partial charge on any atom is 0.327 e. The number of hydrogen-bond donors (Lipinski definition) is 2. The minimum atomic E-state index is -0.935. The van der Waals surface area contributed by atoms with Gasteiger partial charge in [0.15, 0.2) is 0 Å². The number of nitrogens with one attached hydrogen (secondary N) is 1. The summed E-state index contributed by atoms with van der Waals surface area (Å²) >= 11 is 6.47. The normalized spacial score (nSPS) is 21.5. The molecule has 0 saturated carbocycles. The summed E-state index contributed by atoms with van der Waals surface area (Å²) < 4.78 is 0.987. The van der Waals surface area contributed by atoms with Crippen molar-refractivity contribution in [3.05, 3.63) is 20.8 Å². The number of thioether (sulfide) groups is 1. The molecule has 1 aromatic rings. The molecule has 1 aromatic heterocycles. The number of amides is 2. The summed E-state index contributed by atoms with van der Waals surface area (Å²) in [5, 5.41) is 14.0. The fraction of sp³-hybridized carbons (Fsp3) is 0.538. The average molecular weight is 393 g/mol. The van der Waals surface area contributed by atoms with Gasteiger partial charge in [0.05, 0.1) is 11.9 Å². The first kappa shape index (κ1) is 16.6. The summed E-state index contributed by atoms with van der Waals surface area (Å²) in [7, 11) is 0. The molecule has 5 nitrogen and oxygen atoms in total. The molecule has 21 heavy (non-hydrogen) atoms. The maximum atomic E-state index is 12.4. The van der Waals surface area contributed by atoms with Crippen molar-refractivity contribution in [2.24, 2.45) is 0 Å². The second kappa shape index (κ2) is 7.51. The smallest absolute Gasteiger partial charge is 0.327 e. The lowest BCUT2D eigenvalue weighted by Gasteiger charge is -2.27. The van der Waals surface area contributed by atoms with Crippen LogP contribution in [-0.4, -0.2) is 39.2 Å². The second-order valence-electron chi connectivity index (χ2n) is 4.73. The highest BCUT2D eigenvalue weighted by Crippen LogP contribution is 2.32. The Labute approximate surface area is 140 Å². The largest absolute Gasteiger partial charge is 0.480 e. The Morgan fingerprint density at radius 2 is 2.33 bits per heavy atom. The van der Waals surface area contributed by atoms with Crippen molar-refractivity contribution in [3.63, 3.8) is 0 Å². The number of nitrogens with zero attached hydrogens (tertiary/aromatic N) is 1. The van der Waals surface area contributed by atoms with Crippen molar-refractivity contribution >= 4 is 51.0 Å². The van der Waals surface area contributed by atoms with Crippen LogP contribution in [0.4, 0.5) is 4.79 Å². The monoisotopic (exact) mass is 392 g/mol. The number of carbonyl (C=O) groups excluding carboxylic acids is 1. The van der Waals surface area contributed by atoms with Gasteiger partial charge < -0.3 is 10.4 Å². The van der Waals surface area contributed by atoms with Crippen LogP contribution in [0.15, 0.2) is 15.9 Å². The summed E-state index contributed by atoms with van der Waals surface area (Å²) in [6.07, 6.45) is 1.73. The van der Waals surface area contributed by atoms with E-state index in [1.165, 1.54) is 4.90 Å². The molecule has 2 N–H and O–H groups in total. The van der Waals surface area contributed by atoms with Gasteiger partial charge in [0.25, 0.3) is 0 Å². The zero-order valence-electron chi connectivity index (χ0n) is 11.5. The van der Waals surface area contributed by atoms with Gasteiger partial charge in [-0.1, -0.05) is 13.3 Å². The van der Waals surface area contributed by atoms with Gasteiger partial charge in [0.1, 0.15) is 6.04 Å². The predicted octanol–water partition coefficient (Wildman–Crippen LogP) is 3.35. The third-order valence-electron chi connectivity index (χ3n) is 3.18. The Bertz CT molecular complexity index is 523. The molecule has 2 atom stereocenters. The number of carbonyl (C=O) groups is 2. The highest BCUT2D eigenvalue weighted by molar-refractivity contribution is 9.10. The van der Waals surface area contributed by atoms with E-state index in [9.17, 15) is 14.7 Å². The molecule has 8 heteroatoms. The Kier molecular flexibility index (Phi) is 5.95. The van der Waals surface area contributed by atoms with Gasteiger partial charge in [-0.05, 0) is 28.4 Å². The molecule has 2 amide bonds. The lowest BCUT2D eigenvalue weighted by molar-refractivity contribution is -0.141. The SMILES string of the molecule is CCCC1SCC(C(=O)O)N1C(=O)NCc1cc(Br)cs1. The number of hydrogen-bond acceptors (Lipinski definition) is 4. The highest BCUT2D eigenvalue weighted by Gasteiger charge is 2.41. The third-order valence-corrected chi connectivity index (χ3v) is 6.24. The number of aliphatic carboxylic acids is 1. The number of halogens is 1. The van der Waals surface area contributed by atoms with E-state index in [1.807, 2.05) is 18.4 Å². The van der Waals surface area contributed by atoms with Crippen molar-refractivity contribution in [2.45, 2.75) is 37.7 Å². The van der Waals surface area contributed by atoms with E-state index in [0.29, 0.717) is 12.3 Å². The third kappa shape index (κ3) is 4.14. The molecular weight excluding hydrogens is 376 g/mol. The van der Waals surface area contributed by atoms with Crippen LogP contribution >= 0.6 is 39.0 Å². The quantitative estimate of drug-likeness (QED) is 0.805. The zero-order chi connectivity index (χ0) is 15.4. The van der Waals surface area contributed by atoms with E-state index in [4.69, 9.17) is 0 Å². The predicted molar refractivity (Wildman–Crippen MR) is 88.7 cm³/mol. The summed E-state index contributed by atoms with van der Waals surface area (Å²) in [6, 6.07) is 0.916. The van der Waals surface area contributed by atoms with E-state index in [0.717, 1.165) is 22.2 Å². The standard InChI is InChI=1S/C13H17BrN2O3S2/c1-2-3-11-16(10(7-21-11)12(17)18)13(19)15-5-9-4-8(14)6-20-9/h4,6,10-11H,2-3,5,7H2,1H3,(H,15,19)(H,17,18). The van der Waals surface area contributed by atoms with E-state index in [1.54, 1.807) is 23.1 Å². The fourth-order valence-electron chi connectivity index (χ4n) is 2.20. The lowest BCUT2D eigenvalue weighted by atomic mass is 10.2. The molecule has 2 heterocycles. The van der Waals surface area contributed by atoms with Crippen LogP contribution in [0.5, 0.6) is 0 Å². The summed E-state index contributed by atoms with van der Waals surface area (Å²) in [6.45, 7) is 2.45. The number of carboxylic acids is 1. The van der Waals surface area contributed by atoms with Crippen molar-refractivity contribution < 1.29 is 14.7 Å². The Morgan fingerprint density at radius 1 is 1.57 bits per heavy atom. The van der Waals surface area contributed by atoms with Gasteiger partial charge in [-0.2, -0.15) is 0 Å². The summed E-state index contributed by atoms with van der Waals surface area (Å²) in [4.78, 5) is 26.2. The van der Waals surface area contributed by atoms with Crippen molar-refractivity contribution in [1.29, 1.82) is 0 Å². The van der Waals surface area contributed by atoms with E-state index >= 15 is 0 Å². The average Bonchev–Trinajstić information content (AvgIpc) is 3.03. The fourth-order valence-corrected chi connectivity index (χ4v) is 5.10. The molecule has 1 fully saturated rings. The Balaban J connectivity index is 2.00. The maximum absolute atomic E-state index is 12.4. The van der Waals surface area contributed by atoms with Gasteiger partial charge in [0.2, 0.25) is 0 Å². The van der Waals surface area contributed by atoms with Gasteiger partial charge in [-0.15, -0.1) is 23.1 Å². The number of thiophene rings is 1. The molecule has 0 aliphatic carbocycles. The first-order chi connectivity index (χ1) is 10.0. The molecule has 1 aliphatic rings.